The highest BCUT2D eigenvalue weighted by Crippen LogP contribution is 2.55. The van der Waals surface area contributed by atoms with Crippen molar-refractivity contribution >= 4 is 17.1 Å². The second kappa shape index (κ2) is 7.74. The van der Waals surface area contributed by atoms with Gasteiger partial charge in [-0.25, -0.2) is 0 Å². The van der Waals surface area contributed by atoms with Gasteiger partial charge in [0.1, 0.15) is 5.75 Å². The molecule has 4 heteroatoms. The van der Waals surface area contributed by atoms with E-state index in [4.69, 9.17) is 0 Å². The number of rotatable bonds is 3. The lowest BCUT2D eigenvalue weighted by molar-refractivity contribution is 0.0796. The highest BCUT2D eigenvalue weighted by Gasteiger charge is 2.51. The Morgan fingerprint density at radius 3 is 2.74 bits per heavy atom. The molecule has 3 atom stereocenters. The van der Waals surface area contributed by atoms with E-state index in [9.17, 15) is 5.11 Å². The molecule has 164 valence electrons. The Bertz CT molecular complexity index is 963. The number of benzene rings is 2. The SMILES string of the molecule is Oc1cc2c(cc1Nc1ccccc1N1CCCCC1)C[C@H]1NCC[C@@]23CCCC[C@@H]13. The molecule has 2 aliphatic carbocycles. The van der Waals surface area contributed by atoms with Crippen LogP contribution in [-0.2, 0) is 11.8 Å². The molecule has 1 saturated carbocycles. The molecule has 0 aromatic heterocycles. The lowest BCUT2D eigenvalue weighted by atomic mass is 9.53. The van der Waals surface area contributed by atoms with Crippen LogP contribution in [0.2, 0.25) is 0 Å². The van der Waals surface area contributed by atoms with Gasteiger partial charge in [0.2, 0.25) is 0 Å². The molecule has 6 rings (SSSR count). The van der Waals surface area contributed by atoms with Gasteiger partial charge in [0.15, 0.2) is 0 Å². The summed E-state index contributed by atoms with van der Waals surface area (Å²) in [6.07, 6.45) is 11.5. The van der Waals surface area contributed by atoms with Crippen molar-refractivity contribution in [2.24, 2.45) is 5.92 Å². The van der Waals surface area contributed by atoms with Crippen LogP contribution >= 0.6 is 0 Å². The third kappa shape index (κ3) is 3.22. The van der Waals surface area contributed by atoms with E-state index in [1.54, 1.807) is 0 Å². The zero-order valence-corrected chi connectivity index (χ0v) is 18.5. The third-order valence-corrected chi connectivity index (χ3v) is 8.63. The zero-order valence-electron chi connectivity index (χ0n) is 18.5. The van der Waals surface area contributed by atoms with Crippen molar-refractivity contribution in [1.29, 1.82) is 0 Å². The van der Waals surface area contributed by atoms with E-state index < -0.39 is 0 Å². The number of hydrogen-bond acceptors (Lipinski definition) is 4. The molecule has 4 aliphatic rings. The molecule has 3 fully saturated rings. The van der Waals surface area contributed by atoms with Crippen molar-refractivity contribution in [3.05, 3.63) is 47.5 Å². The van der Waals surface area contributed by atoms with Crippen LogP contribution in [0.1, 0.15) is 62.5 Å². The standard InChI is InChI=1S/C27H35N3O/c31-26-18-21-19(16-23-20-8-4-5-11-27(20,21)12-13-28-23)17-24(26)29-22-9-2-3-10-25(22)30-14-6-1-7-15-30/h2-3,9-10,17-18,20,23,28-29,31H,1,4-8,11-16H2/t20-,23+,27+/m0/s1. The van der Waals surface area contributed by atoms with Crippen molar-refractivity contribution in [3.63, 3.8) is 0 Å². The summed E-state index contributed by atoms with van der Waals surface area (Å²) in [5.41, 5.74) is 6.37. The first-order valence-corrected chi connectivity index (χ1v) is 12.5. The molecular formula is C27H35N3O. The minimum absolute atomic E-state index is 0.281. The van der Waals surface area contributed by atoms with Gasteiger partial charge in [-0.1, -0.05) is 25.0 Å². The number of nitrogens with one attached hydrogen (secondary N) is 2. The topological polar surface area (TPSA) is 47.5 Å². The first-order chi connectivity index (χ1) is 15.2. The number of hydrogen-bond donors (Lipinski definition) is 3. The van der Waals surface area contributed by atoms with Crippen molar-refractivity contribution in [2.75, 3.05) is 29.9 Å². The van der Waals surface area contributed by atoms with Gasteiger partial charge in [0.05, 0.1) is 17.1 Å². The van der Waals surface area contributed by atoms with E-state index in [1.807, 2.05) is 0 Å². The van der Waals surface area contributed by atoms with Gasteiger partial charge in [0, 0.05) is 24.5 Å². The van der Waals surface area contributed by atoms with Crippen LogP contribution in [0.4, 0.5) is 17.1 Å². The van der Waals surface area contributed by atoms with Crippen LogP contribution in [0.15, 0.2) is 36.4 Å². The van der Waals surface area contributed by atoms with Gasteiger partial charge in [0.25, 0.3) is 0 Å². The first-order valence-electron chi connectivity index (χ1n) is 12.5. The Hall–Kier alpha value is -2.20. The maximum absolute atomic E-state index is 11.1. The first kappa shape index (κ1) is 19.5. The van der Waals surface area contributed by atoms with E-state index in [-0.39, 0.29) is 5.41 Å². The number of nitrogens with zero attached hydrogens (tertiary/aromatic N) is 1. The fourth-order valence-electron chi connectivity index (χ4n) is 7.21. The van der Waals surface area contributed by atoms with E-state index >= 15 is 0 Å². The van der Waals surface area contributed by atoms with Crippen molar-refractivity contribution in [1.82, 2.24) is 5.32 Å². The molecule has 2 bridgehead atoms. The molecule has 0 unspecified atom stereocenters. The number of anilines is 3. The summed E-state index contributed by atoms with van der Waals surface area (Å²) in [7, 11) is 0. The van der Waals surface area contributed by atoms with Crippen LogP contribution in [0, 0.1) is 5.92 Å². The fraction of sp³-hybridized carbons (Fsp3) is 0.556. The number of aromatic hydroxyl groups is 1. The van der Waals surface area contributed by atoms with Crippen LogP contribution in [-0.4, -0.2) is 30.8 Å². The Balaban J connectivity index is 1.36. The van der Waals surface area contributed by atoms with Gasteiger partial charge >= 0.3 is 0 Å². The number of phenolic OH excluding ortho intramolecular Hbond substituents is 1. The summed E-state index contributed by atoms with van der Waals surface area (Å²) >= 11 is 0. The van der Waals surface area contributed by atoms with E-state index in [0.717, 1.165) is 43.3 Å². The van der Waals surface area contributed by atoms with Crippen molar-refractivity contribution in [3.8, 4) is 5.75 Å². The normalized spacial score (nSPS) is 29.7. The monoisotopic (exact) mass is 417 g/mol. The summed E-state index contributed by atoms with van der Waals surface area (Å²) in [5, 5.41) is 18.6. The lowest BCUT2D eigenvalue weighted by Crippen LogP contribution is -2.59. The Morgan fingerprint density at radius 1 is 0.968 bits per heavy atom. The lowest BCUT2D eigenvalue weighted by Gasteiger charge is -2.56. The fourth-order valence-corrected chi connectivity index (χ4v) is 7.21. The van der Waals surface area contributed by atoms with E-state index in [0.29, 0.717) is 11.8 Å². The molecule has 0 amide bonds. The molecule has 2 aromatic rings. The smallest absolute Gasteiger partial charge is 0.139 e. The molecule has 3 N–H and O–H groups in total. The average molecular weight is 418 g/mol. The Kier molecular flexibility index (Phi) is 4.86. The Labute approximate surface area is 186 Å². The van der Waals surface area contributed by atoms with Crippen LogP contribution < -0.4 is 15.5 Å². The molecule has 2 saturated heterocycles. The van der Waals surface area contributed by atoms with Gasteiger partial charge in [-0.3, -0.25) is 0 Å². The predicted molar refractivity (Wildman–Crippen MR) is 128 cm³/mol. The number of fused-ring (bicyclic) bond motifs is 1. The van der Waals surface area contributed by atoms with Crippen LogP contribution in [0.5, 0.6) is 5.75 Å². The van der Waals surface area contributed by atoms with E-state index in [2.05, 4.69) is 51.9 Å². The quantitative estimate of drug-likeness (QED) is 0.580. The predicted octanol–water partition coefficient (Wildman–Crippen LogP) is 5.47. The second-order valence-electron chi connectivity index (χ2n) is 10.2. The second-order valence-corrected chi connectivity index (χ2v) is 10.2. The molecule has 2 aliphatic heterocycles. The van der Waals surface area contributed by atoms with Gasteiger partial charge < -0.3 is 20.6 Å². The summed E-state index contributed by atoms with van der Waals surface area (Å²) < 4.78 is 0. The van der Waals surface area contributed by atoms with Crippen molar-refractivity contribution < 1.29 is 5.11 Å². The third-order valence-electron chi connectivity index (χ3n) is 8.63. The minimum Gasteiger partial charge on any atom is -0.506 e. The average Bonchev–Trinajstić information content (AvgIpc) is 2.81. The number of piperidine rings is 2. The van der Waals surface area contributed by atoms with Gasteiger partial charge in [-0.2, -0.15) is 0 Å². The maximum Gasteiger partial charge on any atom is 0.139 e. The van der Waals surface area contributed by atoms with Crippen LogP contribution in [0.25, 0.3) is 0 Å². The summed E-state index contributed by atoms with van der Waals surface area (Å²) in [5.74, 6) is 1.14. The molecular weight excluding hydrogens is 382 g/mol. The van der Waals surface area contributed by atoms with E-state index in [1.165, 1.54) is 68.2 Å². The Morgan fingerprint density at radius 2 is 1.84 bits per heavy atom. The number of para-hydroxylation sites is 2. The highest BCUT2D eigenvalue weighted by atomic mass is 16.3. The highest BCUT2D eigenvalue weighted by molar-refractivity contribution is 5.78. The molecule has 4 nitrogen and oxygen atoms in total. The molecule has 2 heterocycles. The largest absolute Gasteiger partial charge is 0.506 e. The molecule has 31 heavy (non-hydrogen) atoms. The van der Waals surface area contributed by atoms with Crippen molar-refractivity contribution in [2.45, 2.75) is 69.2 Å². The molecule has 2 aromatic carbocycles. The summed E-state index contributed by atoms with van der Waals surface area (Å²) in [4.78, 5) is 2.49. The zero-order chi connectivity index (χ0) is 20.8. The maximum atomic E-state index is 11.1. The molecule has 0 radical (unpaired) electrons. The summed E-state index contributed by atoms with van der Waals surface area (Å²) in [6, 6.07) is 13.5. The molecule has 0 spiro atoms. The minimum atomic E-state index is 0.281. The van der Waals surface area contributed by atoms with Crippen LogP contribution in [0.3, 0.4) is 0 Å². The van der Waals surface area contributed by atoms with Gasteiger partial charge in [-0.15, -0.1) is 0 Å². The summed E-state index contributed by atoms with van der Waals surface area (Å²) in [6.45, 7) is 3.35. The van der Waals surface area contributed by atoms with Gasteiger partial charge in [-0.05, 0) is 92.8 Å². The number of phenols is 1.